The zero-order valence-corrected chi connectivity index (χ0v) is 13.4. The molecule has 0 radical (unpaired) electrons. The van der Waals surface area contributed by atoms with Crippen LogP contribution in [-0.4, -0.2) is 21.3 Å². The minimum atomic E-state index is -0.534. The van der Waals surface area contributed by atoms with E-state index in [0.717, 1.165) is 10.0 Å². The molecule has 0 aliphatic carbocycles. The summed E-state index contributed by atoms with van der Waals surface area (Å²) in [6, 6.07) is 13.2. The van der Waals surface area contributed by atoms with Crippen LogP contribution >= 0.6 is 15.9 Å². The Labute approximate surface area is 139 Å². The minimum Gasteiger partial charge on any atom is -0.508 e. The van der Waals surface area contributed by atoms with E-state index >= 15 is 0 Å². The molecule has 0 fully saturated rings. The van der Waals surface area contributed by atoms with Gasteiger partial charge in [0.2, 0.25) is 5.89 Å². The van der Waals surface area contributed by atoms with Crippen molar-refractivity contribution in [3.63, 3.8) is 0 Å². The van der Waals surface area contributed by atoms with Gasteiger partial charge in [0.15, 0.2) is 6.61 Å². The third-order valence-electron chi connectivity index (χ3n) is 2.99. The number of nitrogens with zero attached hydrogens (tertiary/aromatic N) is 2. The molecule has 0 aliphatic rings. The van der Waals surface area contributed by atoms with Crippen LogP contribution in [-0.2, 0) is 11.3 Å². The fourth-order valence-corrected chi connectivity index (χ4v) is 2.09. The predicted molar refractivity (Wildman–Crippen MR) is 84.7 cm³/mol. The minimum absolute atomic E-state index is 0.0811. The summed E-state index contributed by atoms with van der Waals surface area (Å²) in [7, 11) is 0. The zero-order valence-electron chi connectivity index (χ0n) is 11.8. The molecule has 2 aromatic carbocycles. The van der Waals surface area contributed by atoms with Gasteiger partial charge in [-0.25, -0.2) is 4.79 Å². The van der Waals surface area contributed by atoms with E-state index in [4.69, 9.17) is 9.15 Å². The average molecular weight is 375 g/mol. The lowest BCUT2D eigenvalue weighted by Crippen LogP contribution is -2.05. The fourth-order valence-electron chi connectivity index (χ4n) is 1.83. The first kappa shape index (κ1) is 15.2. The Morgan fingerprint density at radius 3 is 2.48 bits per heavy atom. The van der Waals surface area contributed by atoms with Gasteiger partial charge in [-0.15, -0.1) is 10.2 Å². The van der Waals surface area contributed by atoms with Gasteiger partial charge >= 0.3 is 5.97 Å². The maximum atomic E-state index is 11.8. The third kappa shape index (κ3) is 3.75. The highest BCUT2D eigenvalue weighted by atomic mass is 79.9. The highest BCUT2D eigenvalue weighted by Crippen LogP contribution is 2.20. The monoisotopic (exact) mass is 374 g/mol. The Kier molecular flexibility index (Phi) is 4.38. The van der Waals surface area contributed by atoms with Crippen molar-refractivity contribution in [3.8, 4) is 17.2 Å². The van der Waals surface area contributed by atoms with Crippen molar-refractivity contribution < 1.29 is 19.1 Å². The molecule has 0 unspecified atom stereocenters. The van der Waals surface area contributed by atoms with Crippen LogP contribution in [0, 0.1) is 0 Å². The summed E-state index contributed by atoms with van der Waals surface area (Å²) in [4.78, 5) is 11.8. The normalized spacial score (nSPS) is 10.5. The molecule has 6 nitrogen and oxygen atoms in total. The summed E-state index contributed by atoms with van der Waals surface area (Å²) >= 11 is 3.35. The smallest absolute Gasteiger partial charge is 0.338 e. The number of carbonyl (C=O) groups is 1. The van der Waals surface area contributed by atoms with Crippen molar-refractivity contribution in [2.24, 2.45) is 0 Å². The molecule has 1 heterocycles. The first-order valence-electron chi connectivity index (χ1n) is 6.66. The van der Waals surface area contributed by atoms with E-state index in [1.807, 2.05) is 24.3 Å². The molecule has 23 heavy (non-hydrogen) atoms. The van der Waals surface area contributed by atoms with Gasteiger partial charge in [0.25, 0.3) is 5.89 Å². The molecule has 1 N–H and O–H groups in total. The molecule has 1 aromatic heterocycles. The second kappa shape index (κ2) is 6.62. The highest BCUT2D eigenvalue weighted by molar-refractivity contribution is 9.10. The molecule has 3 aromatic rings. The van der Waals surface area contributed by atoms with E-state index in [-0.39, 0.29) is 18.2 Å². The Bertz CT molecular complexity index is 813. The Hall–Kier alpha value is -2.67. The molecule has 0 amide bonds. The van der Waals surface area contributed by atoms with Gasteiger partial charge in [-0.3, -0.25) is 0 Å². The van der Waals surface area contributed by atoms with E-state index in [9.17, 15) is 9.90 Å². The second-order valence-corrected chi connectivity index (χ2v) is 5.55. The number of phenols is 1. The number of rotatable bonds is 4. The first-order chi connectivity index (χ1) is 11.1. The number of ether oxygens (including phenoxy) is 1. The SMILES string of the molecule is O=C(OCc1nnc(-c2ccc(Br)cc2)o1)c1ccc(O)cc1. The van der Waals surface area contributed by atoms with Gasteiger partial charge in [-0.05, 0) is 48.5 Å². The number of phenolic OH excluding ortho intramolecular Hbond substituents is 1. The van der Waals surface area contributed by atoms with Crippen molar-refractivity contribution in [1.29, 1.82) is 0 Å². The van der Waals surface area contributed by atoms with Crippen molar-refractivity contribution in [2.75, 3.05) is 0 Å². The Morgan fingerprint density at radius 2 is 1.78 bits per heavy atom. The molecule has 0 saturated carbocycles. The summed E-state index contributed by atoms with van der Waals surface area (Å²) in [6.07, 6.45) is 0. The Morgan fingerprint density at radius 1 is 1.09 bits per heavy atom. The van der Waals surface area contributed by atoms with Gasteiger partial charge in [-0.1, -0.05) is 15.9 Å². The molecule has 0 aliphatic heterocycles. The van der Waals surface area contributed by atoms with Gasteiger partial charge < -0.3 is 14.3 Å². The molecule has 0 spiro atoms. The van der Waals surface area contributed by atoms with Crippen LogP contribution in [0.25, 0.3) is 11.5 Å². The van der Waals surface area contributed by atoms with Crippen LogP contribution in [0.1, 0.15) is 16.2 Å². The van der Waals surface area contributed by atoms with Crippen molar-refractivity contribution in [2.45, 2.75) is 6.61 Å². The summed E-state index contributed by atoms with van der Waals surface area (Å²) in [6.45, 7) is -0.122. The summed E-state index contributed by atoms with van der Waals surface area (Å²) in [5.41, 5.74) is 1.10. The van der Waals surface area contributed by atoms with E-state index < -0.39 is 5.97 Å². The number of carbonyl (C=O) groups excluding carboxylic acids is 1. The molecule has 0 bridgehead atoms. The fraction of sp³-hybridized carbons (Fsp3) is 0.0625. The Balaban J connectivity index is 1.64. The van der Waals surface area contributed by atoms with Gasteiger partial charge in [0.1, 0.15) is 5.75 Å². The maximum absolute atomic E-state index is 11.8. The van der Waals surface area contributed by atoms with Crippen molar-refractivity contribution in [3.05, 3.63) is 64.5 Å². The topological polar surface area (TPSA) is 85.5 Å². The van der Waals surface area contributed by atoms with Crippen molar-refractivity contribution in [1.82, 2.24) is 10.2 Å². The van der Waals surface area contributed by atoms with Crippen LogP contribution in [0.4, 0.5) is 0 Å². The molecule has 116 valence electrons. The molecule has 3 rings (SSSR count). The standard InChI is InChI=1S/C16H11BrN2O4/c17-12-5-1-10(2-6-12)15-19-18-14(23-15)9-22-16(21)11-3-7-13(20)8-4-11/h1-8,20H,9H2. The molecule has 7 heteroatoms. The second-order valence-electron chi connectivity index (χ2n) is 4.63. The molecular weight excluding hydrogens is 364 g/mol. The lowest BCUT2D eigenvalue weighted by molar-refractivity contribution is 0.0438. The number of aromatic nitrogens is 2. The van der Waals surface area contributed by atoms with E-state index in [0.29, 0.717) is 11.5 Å². The van der Waals surface area contributed by atoms with Crippen LogP contribution in [0.3, 0.4) is 0 Å². The quantitative estimate of drug-likeness (QED) is 0.702. The van der Waals surface area contributed by atoms with Gasteiger partial charge in [0.05, 0.1) is 5.56 Å². The predicted octanol–water partition coefficient (Wildman–Crippen LogP) is 3.56. The number of hydrogen-bond acceptors (Lipinski definition) is 6. The van der Waals surface area contributed by atoms with Gasteiger partial charge in [-0.2, -0.15) is 0 Å². The van der Waals surface area contributed by atoms with Crippen molar-refractivity contribution >= 4 is 21.9 Å². The summed E-state index contributed by atoms with van der Waals surface area (Å²) in [5, 5.41) is 17.0. The van der Waals surface area contributed by atoms with Gasteiger partial charge in [0, 0.05) is 10.0 Å². The first-order valence-corrected chi connectivity index (χ1v) is 7.45. The zero-order chi connectivity index (χ0) is 16.2. The lowest BCUT2D eigenvalue weighted by atomic mass is 10.2. The highest BCUT2D eigenvalue weighted by Gasteiger charge is 2.12. The third-order valence-corrected chi connectivity index (χ3v) is 3.52. The molecule has 0 atom stereocenters. The largest absolute Gasteiger partial charge is 0.508 e. The average Bonchev–Trinajstić information content (AvgIpc) is 3.03. The van der Waals surface area contributed by atoms with E-state index in [2.05, 4.69) is 26.1 Å². The number of aromatic hydroxyl groups is 1. The summed E-state index contributed by atoms with van der Waals surface area (Å²) < 4.78 is 11.5. The number of benzene rings is 2. The molecule has 0 saturated heterocycles. The van der Waals surface area contributed by atoms with Crippen LogP contribution in [0.15, 0.2) is 57.4 Å². The number of hydrogen-bond donors (Lipinski definition) is 1. The lowest BCUT2D eigenvalue weighted by Gasteiger charge is -2.02. The number of esters is 1. The number of halogens is 1. The van der Waals surface area contributed by atoms with E-state index in [1.54, 1.807) is 0 Å². The maximum Gasteiger partial charge on any atom is 0.338 e. The van der Waals surface area contributed by atoms with Crippen LogP contribution in [0.5, 0.6) is 5.75 Å². The van der Waals surface area contributed by atoms with Crippen LogP contribution < -0.4 is 0 Å². The molecular formula is C16H11BrN2O4. The summed E-state index contributed by atoms with van der Waals surface area (Å²) in [5.74, 6) is 0.106. The van der Waals surface area contributed by atoms with E-state index in [1.165, 1.54) is 24.3 Å². The van der Waals surface area contributed by atoms with Crippen LogP contribution in [0.2, 0.25) is 0 Å².